The summed E-state index contributed by atoms with van der Waals surface area (Å²) in [4.78, 5) is 11.3. The van der Waals surface area contributed by atoms with Crippen molar-refractivity contribution in [2.75, 3.05) is 0 Å². The van der Waals surface area contributed by atoms with E-state index in [2.05, 4.69) is 4.72 Å². The first-order valence-corrected chi connectivity index (χ1v) is 8.18. The minimum Gasteiger partial charge on any atom is -0.393 e. The SMILES string of the molecule is CC(=O)c1ccc(S(=O)(=O)N[C@@H]2CCC[C@@H](O)C2)cc1. The van der Waals surface area contributed by atoms with Crippen LogP contribution >= 0.6 is 0 Å². The molecule has 5 nitrogen and oxygen atoms in total. The molecule has 1 aliphatic carbocycles. The Labute approximate surface area is 119 Å². The van der Waals surface area contributed by atoms with Gasteiger partial charge < -0.3 is 5.11 Å². The Morgan fingerprint density at radius 3 is 2.45 bits per heavy atom. The van der Waals surface area contributed by atoms with E-state index in [4.69, 9.17) is 0 Å². The first-order valence-electron chi connectivity index (χ1n) is 6.70. The quantitative estimate of drug-likeness (QED) is 0.824. The van der Waals surface area contributed by atoms with Gasteiger partial charge in [0, 0.05) is 11.6 Å². The molecule has 0 amide bonds. The van der Waals surface area contributed by atoms with Crippen LogP contribution in [0.25, 0.3) is 0 Å². The van der Waals surface area contributed by atoms with E-state index in [1.807, 2.05) is 0 Å². The van der Waals surface area contributed by atoms with E-state index in [-0.39, 0.29) is 16.7 Å². The van der Waals surface area contributed by atoms with E-state index >= 15 is 0 Å². The van der Waals surface area contributed by atoms with Gasteiger partial charge in [0.05, 0.1) is 11.0 Å². The third-order valence-corrected chi connectivity index (χ3v) is 5.08. The molecule has 110 valence electrons. The number of aliphatic hydroxyl groups is 1. The Balaban J connectivity index is 2.11. The van der Waals surface area contributed by atoms with Crippen molar-refractivity contribution in [3.05, 3.63) is 29.8 Å². The molecule has 0 saturated heterocycles. The Kier molecular flexibility index (Phi) is 4.57. The molecule has 1 aliphatic rings. The number of rotatable bonds is 4. The van der Waals surface area contributed by atoms with Gasteiger partial charge >= 0.3 is 0 Å². The van der Waals surface area contributed by atoms with Crippen LogP contribution in [0.3, 0.4) is 0 Å². The molecule has 0 unspecified atom stereocenters. The summed E-state index contributed by atoms with van der Waals surface area (Å²) in [6.45, 7) is 1.44. The van der Waals surface area contributed by atoms with Gasteiger partial charge in [0.1, 0.15) is 0 Å². The van der Waals surface area contributed by atoms with Crippen LogP contribution in [-0.2, 0) is 10.0 Å². The van der Waals surface area contributed by atoms with Crippen molar-refractivity contribution in [3.63, 3.8) is 0 Å². The number of benzene rings is 1. The van der Waals surface area contributed by atoms with Gasteiger partial charge in [-0.25, -0.2) is 13.1 Å². The second-order valence-corrected chi connectivity index (χ2v) is 6.93. The zero-order valence-corrected chi connectivity index (χ0v) is 12.2. The summed E-state index contributed by atoms with van der Waals surface area (Å²) in [6.07, 6.45) is 2.30. The van der Waals surface area contributed by atoms with Crippen LogP contribution < -0.4 is 4.72 Å². The summed E-state index contributed by atoms with van der Waals surface area (Å²) >= 11 is 0. The highest BCUT2D eigenvalue weighted by atomic mass is 32.2. The van der Waals surface area contributed by atoms with E-state index in [1.165, 1.54) is 31.2 Å². The molecule has 0 radical (unpaired) electrons. The molecule has 2 N–H and O–H groups in total. The van der Waals surface area contributed by atoms with Crippen LogP contribution in [0.15, 0.2) is 29.2 Å². The highest BCUT2D eigenvalue weighted by Crippen LogP contribution is 2.20. The second kappa shape index (κ2) is 6.03. The standard InChI is InChI=1S/C14H19NO4S/c1-10(16)11-5-7-14(8-6-11)20(18,19)15-12-3-2-4-13(17)9-12/h5-8,12-13,15,17H,2-4,9H2,1H3/t12-,13-/m1/s1. The number of carbonyl (C=O) groups is 1. The molecule has 0 heterocycles. The normalized spacial score (nSPS) is 23.5. The van der Waals surface area contributed by atoms with E-state index in [0.717, 1.165) is 19.3 Å². The molecule has 0 spiro atoms. The van der Waals surface area contributed by atoms with Gasteiger partial charge in [-0.1, -0.05) is 12.1 Å². The van der Waals surface area contributed by atoms with Crippen LogP contribution in [0.5, 0.6) is 0 Å². The maximum absolute atomic E-state index is 12.2. The van der Waals surface area contributed by atoms with E-state index in [0.29, 0.717) is 12.0 Å². The average molecular weight is 297 g/mol. The van der Waals surface area contributed by atoms with Crippen molar-refractivity contribution in [2.24, 2.45) is 0 Å². The molecular weight excluding hydrogens is 278 g/mol. The molecule has 1 aromatic carbocycles. The Bertz CT molecular complexity index is 580. The van der Waals surface area contributed by atoms with Crippen LogP contribution in [0.1, 0.15) is 43.0 Å². The molecule has 0 aliphatic heterocycles. The number of carbonyl (C=O) groups excluding carboxylic acids is 1. The zero-order chi connectivity index (χ0) is 14.8. The third-order valence-electron chi connectivity index (χ3n) is 3.54. The van der Waals surface area contributed by atoms with Gasteiger partial charge in [0.25, 0.3) is 0 Å². The maximum Gasteiger partial charge on any atom is 0.240 e. The Morgan fingerprint density at radius 1 is 1.25 bits per heavy atom. The summed E-state index contributed by atoms with van der Waals surface area (Å²) in [5.41, 5.74) is 0.483. The van der Waals surface area contributed by atoms with Gasteiger partial charge in [0.2, 0.25) is 10.0 Å². The van der Waals surface area contributed by atoms with Crippen LogP contribution in [0, 0.1) is 0 Å². The number of hydrogen-bond donors (Lipinski definition) is 2. The third kappa shape index (κ3) is 3.65. The Morgan fingerprint density at radius 2 is 1.90 bits per heavy atom. The van der Waals surface area contributed by atoms with Crippen molar-refractivity contribution in [1.29, 1.82) is 0 Å². The largest absolute Gasteiger partial charge is 0.393 e. The summed E-state index contributed by atoms with van der Waals surface area (Å²) in [5, 5.41) is 9.57. The summed E-state index contributed by atoms with van der Waals surface area (Å²) in [5.74, 6) is -0.0997. The maximum atomic E-state index is 12.2. The molecule has 0 bridgehead atoms. The highest BCUT2D eigenvalue weighted by molar-refractivity contribution is 7.89. The van der Waals surface area contributed by atoms with E-state index in [1.54, 1.807) is 0 Å². The van der Waals surface area contributed by atoms with Gasteiger partial charge in [-0.2, -0.15) is 0 Å². The van der Waals surface area contributed by atoms with Crippen LogP contribution in [0.2, 0.25) is 0 Å². The zero-order valence-electron chi connectivity index (χ0n) is 11.4. The number of ketones is 1. The van der Waals surface area contributed by atoms with Gasteiger partial charge in [-0.3, -0.25) is 4.79 Å². The van der Waals surface area contributed by atoms with Crippen LogP contribution in [-0.4, -0.2) is 31.5 Å². The van der Waals surface area contributed by atoms with Gasteiger partial charge in [-0.05, 0) is 44.7 Å². The lowest BCUT2D eigenvalue weighted by molar-refractivity contribution is 0.101. The monoisotopic (exact) mass is 297 g/mol. The highest BCUT2D eigenvalue weighted by Gasteiger charge is 2.25. The fraction of sp³-hybridized carbons (Fsp3) is 0.500. The number of hydrogen-bond acceptors (Lipinski definition) is 4. The minimum atomic E-state index is -3.60. The second-order valence-electron chi connectivity index (χ2n) is 5.22. The van der Waals surface area contributed by atoms with E-state index < -0.39 is 16.1 Å². The average Bonchev–Trinajstić information content (AvgIpc) is 2.38. The summed E-state index contributed by atoms with van der Waals surface area (Å²) in [6, 6.07) is 5.65. The number of sulfonamides is 1. The van der Waals surface area contributed by atoms with Crippen molar-refractivity contribution in [3.8, 4) is 0 Å². The number of aliphatic hydroxyl groups excluding tert-OH is 1. The number of Topliss-reactive ketones (excluding diaryl/α,β-unsaturated/α-hetero) is 1. The molecule has 2 atom stereocenters. The topological polar surface area (TPSA) is 83.5 Å². The lowest BCUT2D eigenvalue weighted by Gasteiger charge is -2.26. The van der Waals surface area contributed by atoms with Crippen LogP contribution in [0.4, 0.5) is 0 Å². The van der Waals surface area contributed by atoms with Gasteiger partial charge in [-0.15, -0.1) is 0 Å². The molecule has 6 heteroatoms. The predicted octanol–water partition coefficient (Wildman–Crippen LogP) is 1.47. The molecule has 0 aromatic heterocycles. The van der Waals surface area contributed by atoms with Crippen molar-refractivity contribution < 1.29 is 18.3 Å². The first-order chi connectivity index (χ1) is 9.38. The van der Waals surface area contributed by atoms with E-state index in [9.17, 15) is 18.3 Å². The lowest BCUT2D eigenvalue weighted by Crippen LogP contribution is -2.39. The molecule has 1 fully saturated rings. The van der Waals surface area contributed by atoms with Gasteiger partial charge in [0.15, 0.2) is 5.78 Å². The minimum absolute atomic E-state index is 0.0997. The fourth-order valence-electron chi connectivity index (χ4n) is 2.43. The summed E-state index contributed by atoms with van der Waals surface area (Å²) in [7, 11) is -3.60. The lowest BCUT2D eigenvalue weighted by atomic mass is 9.94. The number of nitrogens with one attached hydrogen (secondary N) is 1. The first kappa shape index (κ1) is 15.2. The molecule has 2 rings (SSSR count). The predicted molar refractivity (Wildman–Crippen MR) is 75.0 cm³/mol. The van der Waals surface area contributed by atoms with Crippen molar-refractivity contribution >= 4 is 15.8 Å². The summed E-state index contributed by atoms with van der Waals surface area (Å²) < 4.78 is 27.0. The molecule has 1 aromatic rings. The van der Waals surface area contributed by atoms with Crippen molar-refractivity contribution in [2.45, 2.75) is 49.6 Å². The fourth-order valence-corrected chi connectivity index (χ4v) is 3.71. The van der Waals surface area contributed by atoms with Crippen molar-refractivity contribution in [1.82, 2.24) is 4.72 Å². The smallest absolute Gasteiger partial charge is 0.240 e. The Hall–Kier alpha value is -1.24. The molecular formula is C14H19NO4S. The molecule has 20 heavy (non-hydrogen) atoms. The molecule has 1 saturated carbocycles.